The van der Waals surface area contributed by atoms with Gasteiger partial charge in [0.1, 0.15) is 0 Å². The molecule has 0 saturated carbocycles. The van der Waals surface area contributed by atoms with Crippen LogP contribution in [0.4, 0.5) is 0 Å². The number of carbonyl (C=O) groups is 1. The zero-order valence-electron chi connectivity index (χ0n) is 8.87. The van der Waals surface area contributed by atoms with Crippen LogP contribution in [-0.4, -0.2) is 5.78 Å². The molecule has 0 amide bonds. The Morgan fingerprint density at radius 3 is 2.73 bits per heavy atom. The van der Waals surface area contributed by atoms with Gasteiger partial charge < -0.3 is 0 Å². The maximum Gasteiger partial charge on any atom is 0.170 e. The highest BCUT2D eigenvalue weighted by Crippen LogP contribution is 2.39. The van der Waals surface area contributed by atoms with E-state index < -0.39 is 0 Å². The molecule has 0 saturated heterocycles. The van der Waals surface area contributed by atoms with Gasteiger partial charge in [-0.3, -0.25) is 4.79 Å². The Kier molecular flexibility index (Phi) is 1.55. The second-order valence-electron chi connectivity index (χ2n) is 4.29. The molecule has 74 valence electrons. The molecule has 0 fully saturated rings. The second kappa shape index (κ2) is 2.69. The van der Waals surface area contributed by atoms with Gasteiger partial charge in [0, 0.05) is 11.5 Å². The molecule has 1 heteroatoms. The van der Waals surface area contributed by atoms with Gasteiger partial charge in [0.2, 0.25) is 0 Å². The molecule has 3 rings (SSSR count). The zero-order chi connectivity index (χ0) is 10.6. The van der Waals surface area contributed by atoms with Crippen molar-refractivity contribution in [3.05, 3.63) is 47.0 Å². The summed E-state index contributed by atoms with van der Waals surface area (Å²) in [5.74, 6) is 0.302. The van der Waals surface area contributed by atoms with Gasteiger partial charge in [0.05, 0.1) is 0 Å². The van der Waals surface area contributed by atoms with Gasteiger partial charge in [-0.25, -0.2) is 0 Å². The number of carbonyl (C=O) groups excluding carboxylic acids is 1. The van der Waals surface area contributed by atoms with Crippen LogP contribution in [0, 0.1) is 6.92 Å². The fourth-order valence-corrected chi connectivity index (χ4v) is 2.64. The van der Waals surface area contributed by atoms with E-state index >= 15 is 0 Å². The van der Waals surface area contributed by atoms with Crippen LogP contribution < -0.4 is 0 Å². The predicted octanol–water partition coefficient (Wildman–Crippen LogP) is 3.45. The molecule has 1 aliphatic rings. The lowest BCUT2D eigenvalue weighted by Gasteiger charge is -2.07. The van der Waals surface area contributed by atoms with Crippen LogP contribution in [0.25, 0.3) is 10.8 Å². The maximum atomic E-state index is 12.0. The van der Waals surface area contributed by atoms with Crippen molar-refractivity contribution in [1.29, 1.82) is 0 Å². The number of benzene rings is 2. The van der Waals surface area contributed by atoms with Gasteiger partial charge in [-0.1, -0.05) is 37.3 Å². The van der Waals surface area contributed by atoms with Crippen molar-refractivity contribution in [3.63, 3.8) is 0 Å². The molecular formula is C14H12O. The minimum atomic E-state index is 0.0334. The summed E-state index contributed by atoms with van der Waals surface area (Å²) < 4.78 is 0. The molecule has 2 aromatic rings. The summed E-state index contributed by atoms with van der Waals surface area (Å²) in [6, 6.07) is 10.2. The molecule has 0 heterocycles. The van der Waals surface area contributed by atoms with Crippen LogP contribution in [0.3, 0.4) is 0 Å². The molecule has 1 unspecified atom stereocenters. The van der Waals surface area contributed by atoms with Crippen molar-refractivity contribution in [2.24, 2.45) is 0 Å². The van der Waals surface area contributed by atoms with Crippen LogP contribution in [0.1, 0.15) is 34.3 Å². The smallest absolute Gasteiger partial charge is 0.170 e. The lowest BCUT2D eigenvalue weighted by atomic mass is 9.96. The Morgan fingerprint density at radius 2 is 1.93 bits per heavy atom. The fraction of sp³-hybridized carbons (Fsp3) is 0.214. The molecule has 0 radical (unpaired) electrons. The van der Waals surface area contributed by atoms with Crippen molar-refractivity contribution in [3.8, 4) is 0 Å². The highest BCUT2D eigenvalue weighted by atomic mass is 16.1. The van der Waals surface area contributed by atoms with Crippen LogP contribution in [0.15, 0.2) is 30.3 Å². The quantitative estimate of drug-likeness (QED) is 0.630. The first-order valence-electron chi connectivity index (χ1n) is 5.26. The largest absolute Gasteiger partial charge is 0.293 e. The first kappa shape index (κ1) is 8.66. The minimum absolute atomic E-state index is 0.0334. The standard InChI is InChI=1S/C14H12O/c1-8-6-7-10-4-3-5-11-13(10)12(8)9(2)14(11)15/h3-7,9H,1-2H3. The molecule has 0 N–H and O–H groups in total. The summed E-state index contributed by atoms with van der Waals surface area (Å²) in [6.45, 7) is 4.09. The van der Waals surface area contributed by atoms with Crippen molar-refractivity contribution in [1.82, 2.24) is 0 Å². The molecule has 2 aromatic carbocycles. The Hall–Kier alpha value is -1.63. The number of Topliss-reactive ketones (excluding diaryl/α,β-unsaturated/α-hetero) is 1. The molecule has 0 bridgehead atoms. The van der Waals surface area contributed by atoms with Gasteiger partial charge in [0.15, 0.2) is 5.78 Å². The average molecular weight is 196 g/mol. The highest BCUT2D eigenvalue weighted by molar-refractivity contribution is 6.18. The van der Waals surface area contributed by atoms with Crippen LogP contribution >= 0.6 is 0 Å². The van der Waals surface area contributed by atoms with E-state index in [2.05, 4.69) is 25.1 Å². The minimum Gasteiger partial charge on any atom is -0.293 e. The second-order valence-corrected chi connectivity index (χ2v) is 4.29. The molecule has 15 heavy (non-hydrogen) atoms. The molecule has 1 atom stereocenters. The van der Waals surface area contributed by atoms with E-state index in [9.17, 15) is 4.79 Å². The number of hydrogen-bond donors (Lipinski definition) is 0. The van der Waals surface area contributed by atoms with Gasteiger partial charge in [-0.05, 0) is 28.8 Å². The van der Waals surface area contributed by atoms with Gasteiger partial charge in [-0.15, -0.1) is 0 Å². The monoisotopic (exact) mass is 196 g/mol. The third kappa shape index (κ3) is 0.953. The van der Waals surface area contributed by atoms with Crippen LogP contribution in [0.2, 0.25) is 0 Å². The predicted molar refractivity (Wildman–Crippen MR) is 61.4 cm³/mol. The lowest BCUT2D eigenvalue weighted by Crippen LogP contribution is -2.01. The van der Waals surface area contributed by atoms with Gasteiger partial charge in [-0.2, -0.15) is 0 Å². The first-order valence-corrected chi connectivity index (χ1v) is 5.26. The number of aryl methyl sites for hydroxylation is 1. The summed E-state index contributed by atoms with van der Waals surface area (Å²) in [7, 11) is 0. The van der Waals surface area contributed by atoms with Crippen LogP contribution in [0.5, 0.6) is 0 Å². The zero-order valence-corrected chi connectivity index (χ0v) is 8.87. The van der Waals surface area contributed by atoms with E-state index in [4.69, 9.17) is 0 Å². The van der Waals surface area contributed by atoms with Crippen molar-refractivity contribution in [2.75, 3.05) is 0 Å². The highest BCUT2D eigenvalue weighted by Gasteiger charge is 2.29. The summed E-state index contributed by atoms with van der Waals surface area (Å²) in [5, 5.41) is 2.36. The summed E-state index contributed by atoms with van der Waals surface area (Å²) >= 11 is 0. The van der Waals surface area contributed by atoms with Crippen molar-refractivity contribution < 1.29 is 4.79 Å². The molecular weight excluding hydrogens is 184 g/mol. The van der Waals surface area contributed by atoms with Crippen molar-refractivity contribution >= 4 is 16.6 Å². The van der Waals surface area contributed by atoms with E-state index in [0.29, 0.717) is 0 Å². The molecule has 1 nitrogen and oxygen atoms in total. The van der Waals surface area contributed by atoms with E-state index in [1.807, 2.05) is 19.1 Å². The normalized spacial score (nSPS) is 18.8. The molecule has 0 aliphatic heterocycles. The van der Waals surface area contributed by atoms with Gasteiger partial charge >= 0.3 is 0 Å². The summed E-state index contributed by atoms with van der Waals surface area (Å²) in [4.78, 5) is 12.0. The Morgan fingerprint density at radius 1 is 1.13 bits per heavy atom. The molecule has 0 spiro atoms. The van der Waals surface area contributed by atoms with E-state index in [0.717, 1.165) is 5.56 Å². The van der Waals surface area contributed by atoms with Crippen LogP contribution in [-0.2, 0) is 0 Å². The summed E-state index contributed by atoms with van der Waals surface area (Å²) in [6.07, 6.45) is 0. The first-order chi connectivity index (χ1) is 7.20. The Labute approximate surface area is 88.7 Å². The average Bonchev–Trinajstić information content (AvgIpc) is 2.50. The molecule has 1 aliphatic carbocycles. The van der Waals surface area contributed by atoms with Crippen molar-refractivity contribution in [2.45, 2.75) is 19.8 Å². The van der Waals surface area contributed by atoms with E-state index in [1.165, 1.54) is 21.9 Å². The number of hydrogen-bond acceptors (Lipinski definition) is 1. The summed E-state index contributed by atoms with van der Waals surface area (Å²) in [5.41, 5.74) is 3.36. The third-order valence-electron chi connectivity index (χ3n) is 3.40. The van der Waals surface area contributed by atoms with E-state index in [1.54, 1.807) is 0 Å². The van der Waals surface area contributed by atoms with E-state index in [-0.39, 0.29) is 11.7 Å². The molecule has 0 aromatic heterocycles. The van der Waals surface area contributed by atoms with Gasteiger partial charge in [0.25, 0.3) is 0 Å². The Balaban J connectivity index is 2.57. The number of rotatable bonds is 0. The number of ketones is 1. The maximum absolute atomic E-state index is 12.0. The lowest BCUT2D eigenvalue weighted by molar-refractivity contribution is 0.0974. The topological polar surface area (TPSA) is 17.1 Å². The third-order valence-corrected chi connectivity index (χ3v) is 3.40. The fourth-order valence-electron chi connectivity index (χ4n) is 2.64. The SMILES string of the molecule is Cc1ccc2cccc3c2c1C(C)C3=O. The Bertz CT molecular complexity index is 581.